The summed E-state index contributed by atoms with van der Waals surface area (Å²) in [6.45, 7) is 4.09. The summed E-state index contributed by atoms with van der Waals surface area (Å²) in [5, 5.41) is 3.34. The van der Waals surface area contributed by atoms with Gasteiger partial charge in [-0.2, -0.15) is 0 Å². The summed E-state index contributed by atoms with van der Waals surface area (Å²) in [5.74, 6) is 0.317. The number of amides is 1. The predicted molar refractivity (Wildman–Crippen MR) is 98.2 cm³/mol. The molecule has 1 aliphatic heterocycles. The van der Waals surface area contributed by atoms with Gasteiger partial charge in [-0.15, -0.1) is 0 Å². The summed E-state index contributed by atoms with van der Waals surface area (Å²) in [6, 6.07) is 13.4. The molecule has 0 radical (unpaired) electrons. The van der Waals surface area contributed by atoms with E-state index >= 15 is 0 Å². The second-order valence-electron chi connectivity index (χ2n) is 6.01. The molecule has 0 unspecified atom stereocenters. The predicted octanol–water partition coefficient (Wildman–Crippen LogP) is 4.27. The number of hydrogen-bond acceptors (Lipinski definition) is 3. The van der Waals surface area contributed by atoms with Crippen LogP contribution < -0.4 is 15.0 Å². The lowest BCUT2D eigenvalue weighted by molar-refractivity contribution is -0.118. The number of hydrogen-bond donors (Lipinski definition) is 1. The van der Waals surface area contributed by atoms with Gasteiger partial charge in [-0.05, 0) is 61.7 Å². The van der Waals surface area contributed by atoms with Gasteiger partial charge in [-0.3, -0.25) is 4.79 Å². The molecule has 0 aliphatic carbocycles. The normalized spacial score (nSPS) is 13.8. The van der Waals surface area contributed by atoms with E-state index in [4.69, 9.17) is 16.3 Å². The van der Waals surface area contributed by atoms with Crippen molar-refractivity contribution in [2.75, 3.05) is 29.9 Å². The first kappa shape index (κ1) is 16.7. The monoisotopic (exact) mass is 344 g/mol. The number of anilines is 2. The van der Waals surface area contributed by atoms with Crippen LogP contribution in [-0.4, -0.2) is 25.6 Å². The second-order valence-corrected chi connectivity index (χ2v) is 6.42. The molecule has 0 atom stereocenters. The molecule has 1 amide bonds. The summed E-state index contributed by atoms with van der Waals surface area (Å²) in [6.07, 6.45) is 2.49. The Hall–Kier alpha value is -2.20. The molecule has 2 aromatic carbocycles. The molecule has 0 spiro atoms. The fraction of sp³-hybridized carbons (Fsp3) is 0.316. The quantitative estimate of drug-likeness (QED) is 0.880. The van der Waals surface area contributed by atoms with Crippen molar-refractivity contribution in [2.45, 2.75) is 19.8 Å². The zero-order valence-corrected chi connectivity index (χ0v) is 14.5. The summed E-state index contributed by atoms with van der Waals surface area (Å²) in [5.41, 5.74) is 3.00. The van der Waals surface area contributed by atoms with Crippen molar-refractivity contribution in [2.24, 2.45) is 0 Å². The van der Waals surface area contributed by atoms with E-state index < -0.39 is 0 Å². The lowest BCUT2D eigenvalue weighted by Gasteiger charge is -2.17. The highest BCUT2D eigenvalue weighted by molar-refractivity contribution is 6.32. The van der Waals surface area contributed by atoms with Gasteiger partial charge in [0.25, 0.3) is 5.91 Å². The maximum absolute atomic E-state index is 12.0. The van der Waals surface area contributed by atoms with Crippen LogP contribution in [0.2, 0.25) is 5.02 Å². The molecule has 4 nitrogen and oxygen atoms in total. The molecule has 0 saturated carbocycles. The Morgan fingerprint density at radius 1 is 1.17 bits per heavy atom. The summed E-state index contributed by atoms with van der Waals surface area (Å²) in [7, 11) is 0. The van der Waals surface area contributed by atoms with E-state index in [1.54, 1.807) is 6.07 Å². The number of benzene rings is 2. The fourth-order valence-electron chi connectivity index (χ4n) is 2.79. The smallest absolute Gasteiger partial charge is 0.262 e. The molecule has 1 heterocycles. The minimum absolute atomic E-state index is 0.0724. The van der Waals surface area contributed by atoms with Crippen molar-refractivity contribution in [1.82, 2.24) is 0 Å². The minimum Gasteiger partial charge on any atom is -0.482 e. The van der Waals surface area contributed by atoms with Gasteiger partial charge in [0, 0.05) is 24.5 Å². The van der Waals surface area contributed by atoms with Crippen LogP contribution in [-0.2, 0) is 4.79 Å². The Morgan fingerprint density at radius 2 is 1.88 bits per heavy atom. The van der Waals surface area contributed by atoms with Crippen molar-refractivity contribution in [1.29, 1.82) is 0 Å². The topological polar surface area (TPSA) is 41.6 Å². The van der Waals surface area contributed by atoms with Crippen LogP contribution >= 0.6 is 11.6 Å². The molecule has 0 aromatic heterocycles. The standard InChI is InChI=1S/C19H21ClN2O2/c1-14-4-9-17(20)18(12-14)24-13-19(23)21-15-5-7-16(8-6-15)22-10-2-3-11-22/h4-9,12H,2-3,10-11,13H2,1H3,(H,21,23). The lowest BCUT2D eigenvalue weighted by atomic mass is 10.2. The second kappa shape index (κ2) is 7.58. The highest BCUT2D eigenvalue weighted by Crippen LogP contribution is 2.25. The fourth-order valence-corrected chi connectivity index (χ4v) is 2.96. The van der Waals surface area contributed by atoms with Gasteiger partial charge in [-0.1, -0.05) is 17.7 Å². The highest BCUT2D eigenvalue weighted by atomic mass is 35.5. The van der Waals surface area contributed by atoms with Crippen LogP contribution in [0.4, 0.5) is 11.4 Å². The van der Waals surface area contributed by atoms with Crippen molar-refractivity contribution in [3.8, 4) is 5.75 Å². The summed E-state index contributed by atoms with van der Waals surface area (Å²) in [4.78, 5) is 14.4. The molecular formula is C19H21ClN2O2. The zero-order valence-electron chi connectivity index (χ0n) is 13.7. The average molecular weight is 345 g/mol. The van der Waals surface area contributed by atoms with Crippen LogP contribution in [0.5, 0.6) is 5.75 Å². The van der Waals surface area contributed by atoms with Crippen molar-refractivity contribution < 1.29 is 9.53 Å². The summed E-state index contributed by atoms with van der Waals surface area (Å²) >= 11 is 6.06. The van der Waals surface area contributed by atoms with Crippen molar-refractivity contribution in [3.05, 3.63) is 53.1 Å². The molecule has 0 bridgehead atoms. The van der Waals surface area contributed by atoms with E-state index in [0.717, 1.165) is 24.3 Å². The molecular weight excluding hydrogens is 324 g/mol. The SMILES string of the molecule is Cc1ccc(Cl)c(OCC(=O)Nc2ccc(N3CCCC3)cc2)c1. The molecule has 2 aromatic rings. The largest absolute Gasteiger partial charge is 0.482 e. The third-order valence-corrected chi connectivity index (χ3v) is 4.38. The molecule has 1 aliphatic rings. The number of ether oxygens (including phenoxy) is 1. The molecule has 1 fully saturated rings. The Bertz CT molecular complexity index is 710. The maximum Gasteiger partial charge on any atom is 0.262 e. The van der Waals surface area contributed by atoms with Crippen LogP contribution in [0.25, 0.3) is 0 Å². The number of carbonyl (C=O) groups is 1. The number of rotatable bonds is 5. The number of carbonyl (C=O) groups excluding carboxylic acids is 1. The number of nitrogens with zero attached hydrogens (tertiary/aromatic N) is 1. The Balaban J connectivity index is 1.53. The van der Waals surface area contributed by atoms with Gasteiger partial charge in [0.2, 0.25) is 0 Å². The first-order chi connectivity index (χ1) is 11.6. The maximum atomic E-state index is 12.0. The number of aryl methyl sites for hydroxylation is 1. The zero-order chi connectivity index (χ0) is 16.9. The van der Waals surface area contributed by atoms with E-state index in [2.05, 4.69) is 10.2 Å². The van der Waals surface area contributed by atoms with Gasteiger partial charge >= 0.3 is 0 Å². The Kier molecular flexibility index (Phi) is 5.26. The Labute approximate surface area is 147 Å². The highest BCUT2D eigenvalue weighted by Gasteiger charge is 2.12. The minimum atomic E-state index is -0.207. The lowest BCUT2D eigenvalue weighted by Crippen LogP contribution is -2.20. The van der Waals surface area contributed by atoms with E-state index in [1.807, 2.05) is 43.3 Å². The van der Waals surface area contributed by atoms with Crippen LogP contribution in [0.3, 0.4) is 0 Å². The van der Waals surface area contributed by atoms with Gasteiger partial charge in [0.05, 0.1) is 5.02 Å². The first-order valence-electron chi connectivity index (χ1n) is 8.15. The number of nitrogens with one attached hydrogen (secondary N) is 1. The molecule has 5 heteroatoms. The van der Waals surface area contributed by atoms with Crippen LogP contribution in [0, 0.1) is 6.92 Å². The van der Waals surface area contributed by atoms with E-state index in [-0.39, 0.29) is 12.5 Å². The van der Waals surface area contributed by atoms with Crippen molar-refractivity contribution in [3.63, 3.8) is 0 Å². The van der Waals surface area contributed by atoms with Crippen LogP contribution in [0.15, 0.2) is 42.5 Å². The third-order valence-electron chi connectivity index (χ3n) is 4.07. The first-order valence-corrected chi connectivity index (χ1v) is 8.53. The van der Waals surface area contributed by atoms with Gasteiger partial charge in [0.1, 0.15) is 5.75 Å². The van der Waals surface area contributed by atoms with Gasteiger partial charge in [0.15, 0.2) is 6.61 Å². The average Bonchev–Trinajstić information content (AvgIpc) is 3.11. The third kappa shape index (κ3) is 4.20. The Morgan fingerprint density at radius 3 is 2.58 bits per heavy atom. The molecule has 3 rings (SSSR count). The van der Waals surface area contributed by atoms with E-state index in [9.17, 15) is 4.79 Å². The molecule has 126 valence electrons. The van der Waals surface area contributed by atoms with Gasteiger partial charge < -0.3 is 15.0 Å². The molecule has 1 saturated heterocycles. The molecule has 24 heavy (non-hydrogen) atoms. The summed E-state index contributed by atoms with van der Waals surface area (Å²) < 4.78 is 5.50. The van der Waals surface area contributed by atoms with Crippen molar-refractivity contribution >= 4 is 28.9 Å². The van der Waals surface area contributed by atoms with E-state index in [0.29, 0.717) is 10.8 Å². The number of halogens is 1. The van der Waals surface area contributed by atoms with E-state index in [1.165, 1.54) is 18.5 Å². The van der Waals surface area contributed by atoms with Crippen LogP contribution in [0.1, 0.15) is 18.4 Å². The molecule has 1 N–H and O–H groups in total. The van der Waals surface area contributed by atoms with Gasteiger partial charge in [-0.25, -0.2) is 0 Å².